The van der Waals surface area contributed by atoms with Gasteiger partial charge in [0.25, 0.3) is 0 Å². The minimum Gasteiger partial charge on any atom is -0.314 e. The van der Waals surface area contributed by atoms with Crippen LogP contribution in [0.2, 0.25) is 5.02 Å². The highest BCUT2D eigenvalue weighted by Crippen LogP contribution is 2.34. The van der Waals surface area contributed by atoms with E-state index in [1.807, 2.05) is 36.4 Å². The van der Waals surface area contributed by atoms with E-state index in [0.29, 0.717) is 11.6 Å². The summed E-state index contributed by atoms with van der Waals surface area (Å²) in [5.74, 6) is 0.0482. The van der Waals surface area contributed by atoms with Crippen LogP contribution in [0.1, 0.15) is 17.2 Å². The highest BCUT2D eigenvalue weighted by Gasteiger charge is 2.26. The number of benzene rings is 2. The second-order valence-corrected chi connectivity index (χ2v) is 5.32. The Morgan fingerprint density at radius 3 is 2.70 bits per heavy atom. The van der Waals surface area contributed by atoms with E-state index < -0.39 is 0 Å². The molecule has 2 aromatic rings. The third-order valence-electron chi connectivity index (χ3n) is 3.63. The molecule has 20 heavy (non-hydrogen) atoms. The third-order valence-corrected chi connectivity index (χ3v) is 3.86. The maximum atomic E-state index is 12.1. The molecular weight excluding hydrogens is 272 g/mol. The van der Waals surface area contributed by atoms with E-state index in [1.165, 1.54) is 0 Å². The Morgan fingerprint density at radius 2 is 1.95 bits per heavy atom. The molecule has 0 aliphatic carbocycles. The lowest BCUT2D eigenvalue weighted by Crippen LogP contribution is -2.33. The molecule has 0 saturated heterocycles. The summed E-state index contributed by atoms with van der Waals surface area (Å²) in [6.45, 7) is 0.308. The molecule has 1 amide bonds. The number of hydrogen-bond donors (Lipinski definition) is 1. The molecule has 0 aromatic heterocycles. The molecule has 1 N–H and O–H groups in total. The number of carbonyl (C=O) groups is 1. The van der Waals surface area contributed by atoms with Gasteiger partial charge in [-0.15, -0.1) is 0 Å². The average molecular weight is 287 g/mol. The fourth-order valence-corrected chi connectivity index (χ4v) is 2.74. The SMILES string of the molecule is CN1C(=O)CNC(c2ccccc2)c2cc(Cl)ccc21. The van der Waals surface area contributed by atoms with Gasteiger partial charge in [0.05, 0.1) is 12.6 Å². The number of nitrogens with one attached hydrogen (secondary N) is 1. The smallest absolute Gasteiger partial charge is 0.240 e. The fraction of sp³-hybridized carbons (Fsp3) is 0.188. The first-order valence-corrected chi connectivity index (χ1v) is 6.89. The van der Waals surface area contributed by atoms with Crippen molar-refractivity contribution in [3.05, 3.63) is 64.7 Å². The molecule has 3 nitrogen and oxygen atoms in total. The standard InChI is InChI=1S/C16H15ClN2O/c1-19-14-8-7-12(17)9-13(14)16(18-10-15(19)20)11-5-3-2-4-6-11/h2-9,16,18H,10H2,1H3. The molecule has 1 aliphatic rings. The van der Waals surface area contributed by atoms with Crippen molar-refractivity contribution in [2.24, 2.45) is 0 Å². The van der Waals surface area contributed by atoms with E-state index in [4.69, 9.17) is 11.6 Å². The second-order valence-electron chi connectivity index (χ2n) is 4.88. The Balaban J connectivity index is 2.15. The molecule has 3 rings (SSSR count). The Hall–Kier alpha value is -1.84. The minimum atomic E-state index is -0.0289. The maximum Gasteiger partial charge on any atom is 0.240 e. The zero-order chi connectivity index (χ0) is 14.1. The summed E-state index contributed by atoms with van der Waals surface area (Å²) in [6, 6.07) is 15.7. The van der Waals surface area contributed by atoms with Gasteiger partial charge in [-0.25, -0.2) is 0 Å². The highest BCUT2D eigenvalue weighted by molar-refractivity contribution is 6.30. The largest absolute Gasteiger partial charge is 0.314 e. The summed E-state index contributed by atoms with van der Waals surface area (Å²) in [5, 5.41) is 3.99. The molecule has 102 valence electrons. The zero-order valence-electron chi connectivity index (χ0n) is 11.1. The van der Waals surface area contributed by atoms with E-state index in [9.17, 15) is 4.79 Å². The van der Waals surface area contributed by atoms with Crippen molar-refractivity contribution < 1.29 is 4.79 Å². The summed E-state index contributed by atoms with van der Waals surface area (Å²) in [5.41, 5.74) is 3.05. The number of likely N-dealkylation sites (N-methyl/N-ethyl adjacent to an activating group) is 1. The van der Waals surface area contributed by atoms with Gasteiger partial charge in [0, 0.05) is 17.8 Å². The van der Waals surface area contributed by atoms with Crippen molar-refractivity contribution in [3.8, 4) is 0 Å². The molecule has 0 radical (unpaired) electrons. The van der Waals surface area contributed by atoms with E-state index in [0.717, 1.165) is 16.8 Å². The van der Waals surface area contributed by atoms with Crippen LogP contribution in [0.15, 0.2) is 48.5 Å². The van der Waals surface area contributed by atoms with Crippen LogP contribution < -0.4 is 10.2 Å². The average Bonchev–Trinajstić information content (AvgIpc) is 2.58. The van der Waals surface area contributed by atoms with Gasteiger partial charge in [-0.2, -0.15) is 0 Å². The van der Waals surface area contributed by atoms with Crippen molar-refractivity contribution >= 4 is 23.2 Å². The molecule has 0 bridgehead atoms. The summed E-state index contributed by atoms with van der Waals surface area (Å²) in [6.07, 6.45) is 0. The van der Waals surface area contributed by atoms with E-state index in [1.54, 1.807) is 11.9 Å². The number of carbonyl (C=O) groups excluding carboxylic acids is 1. The number of hydrogen-bond acceptors (Lipinski definition) is 2. The summed E-state index contributed by atoms with van der Waals surface area (Å²) in [7, 11) is 1.80. The molecule has 2 aromatic carbocycles. The predicted molar refractivity (Wildman–Crippen MR) is 81.1 cm³/mol. The molecule has 0 saturated carbocycles. The first kappa shape index (κ1) is 13.2. The number of halogens is 1. The first-order valence-electron chi connectivity index (χ1n) is 6.51. The quantitative estimate of drug-likeness (QED) is 0.874. The molecule has 4 heteroatoms. The van der Waals surface area contributed by atoms with Crippen LogP contribution >= 0.6 is 11.6 Å². The molecule has 0 fully saturated rings. The van der Waals surface area contributed by atoms with Crippen LogP contribution in [-0.2, 0) is 4.79 Å². The number of anilines is 1. The van der Waals surface area contributed by atoms with Gasteiger partial charge in [0.15, 0.2) is 0 Å². The summed E-state index contributed by atoms with van der Waals surface area (Å²) < 4.78 is 0. The Bertz CT molecular complexity index is 642. The Morgan fingerprint density at radius 1 is 1.20 bits per heavy atom. The molecule has 1 heterocycles. The van der Waals surface area contributed by atoms with Gasteiger partial charge in [-0.3, -0.25) is 10.1 Å². The molecule has 1 unspecified atom stereocenters. The summed E-state index contributed by atoms with van der Waals surface area (Å²) in [4.78, 5) is 13.8. The number of rotatable bonds is 1. The van der Waals surface area contributed by atoms with Crippen molar-refractivity contribution in [1.29, 1.82) is 0 Å². The lowest BCUT2D eigenvalue weighted by Gasteiger charge is -2.21. The van der Waals surface area contributed by atoms with Crippen LogP contribution in [0.25, 0.3) is 0 Å². The first-order chi connectivity index (χ1) is 9.66. The van der Waals surface area contributed by atoms with Gasteiger partial charge in [-0.1, -0.05) is 41.9 Å². The van der Waals surface area contributed by atoms with E-state index in [2.05, 4.69) is 17.4 Å². The Labute approximate surface area is 123 Å². The van der Waals surface area contributed by atoms with Gasteiger partial charge in [-0.05, 0) is 29.3 Å². The van der Waals surface area contributed by atoms with Crippen LogP contribution in [0.3, 0.4) is 0 Å². The van der Waals surface area contributed by atoms with Crippen LogP contribution in [0.5, 0.6) is 0 Å². The highest BCUT2D eigenvalue weighted by atomic mass is 35.5. The lowest BCUT2D eigenvalue weighted by molar-refractivity contribution is -0.117. The monoisotopic (exact) mass is 286 g/mol. The number of amides is 1. The van der Waals surface area contributed by atoms with Crippen molar-refractivity contribution in [2.75, 3.05) is 18.5 Å². The number of fused-ring (bicyclic) bond motifs is 1. The van der Waals surface area contributed by atoms with E-state index in [-0.39, 0.29) is 11.9 Å². The topological polar surface area (TPSA) is 32.3 Å². The lowest BCUT2D eigenvalue weighted by atomic mass is 9.97. The number of nitrogens with zero attached hydrogens (tertiary/aromatic N) is 1. The van der Waals surface area contributed by atoms with Gasteiger partial charge >= 0.3 is 0 Å². The van der Waals surface area contributed by atoms with Crippen molar-refractivity contribution in [3.63, 3.8) is 0 Å². The molecular formula is C16H15ClN2O. The van der Waals surface area contributed by atoms with Crippen molar-refractivity contribution in [2.45, 2.75) is 6.04 Å². The summed E-state index contributed by atoms with van der Waals surface area (Å²) >= 11 is 6.14. The second kappa shape index (κ2) is 5.27. The van der Waals surface area contributed by atoms with Crippen LogP contribution in [-0.4, -0.2) is 19.5 Å². The van der Waals surface area contributed by atoms with Gasteiger partial charge < -0.3 is 4.90 Å². The van der Waals surface area contributed by atoms with Gasteiger partial charge in [0.2, 0.25) is 5.91 Å². The molecule has 1 aliphatic heterocycles. The van der Waals surface area contributed by atoms with Crippen molar-refractivity contribution in [1.82, 2.24) is 5.32 Å². The predicted octanol–water partition coefficient (Wildman–Crippen LogP) is 3.00. The van der Waals surface area contributed by atoms with Gasteiger partial charge in [0.1, 0.15) is 0 Å². The maximum absolute atomic E-state index is 12.1. The van der Waals surface area contributed by atoms with Crippen LogP contribution in [0, 0.1) is 0 Å². The molecule has 1 atom stereocenters. The fourth-order valence-electron chi connectivity index (χ4n) is 2.56. The minimum absolute atomic E-state index is 0.0289. The van der Waals surface area contributed by atoms with E-state index >= 15 is 0 Å². The molecule has 0 spiro atoms. The third kappa shape index (κ3) is 2.30. The Kier molecular flexibility index (Phi) is 3.47. The normalized spacial score (nSPS) is 18.6. The zero-order valence-corrected chi connectivity index (χ0v) is 11.9. The van der Waals surface area contributed by atoms with Crippen LogP contribution in [0.4, 0.5) is 5.69 Å².